The number of allylic oxidation sites excluding steroid dienone is 1. The van der Waals surface area contributed by atoms with E-state index in [1.807, 2.05) is 0 Å². The zero-order chi connectivity index (χ0) is 24.1. The first-order valence-electron chi connectivity index (χ1n) is 9.58. The second-order valence-corrected chi connectivity index (χ2v) is 9.34. The molecule has 1 saturated heterocycles. The fourth-order valence-corrected chi connectivity index (χ4v) is 3.98. The molecular formula is C21H25BrN2O7S. The number of nitrogens with zero attached hydrogens (tertiary/aromatic N) is 1. The number of alkyl halides is 1. The highest BCUT2D eigenvalue weighted by Gasteiger charge is 2.53. The van der Waals surface area contributed by atoms with Gasteiger partial charge in [-0.2, -0.15) is 0 Å². The van der Waals surface area contributed by atoms with Gasteiger partial charge in [-0.25, -0.2) is 4.79 Å². The highest BCUT2D eigenvalue weighted by Crippen LogP contribution is 2.35. The van der Waals surface area contributed by atoms with E-state index in [1.165, 1.54) is 7.11 Å². The van der Waals surface area contributed by atoms with Crippen molar-refractivity contribution in [3.63, 3.8) is 0 Å². The second kappa shape index (κ2) is 10.9. The number of carbonyl (C=O) groups is 4. The summed E-state index contributed by atoms with van der Waals surface area (Å²) in [4.78, 5) is 50.2. The summed E-state index contributed by atoms with van der Waals surface area (Å²) in [5, 5.41) is 11.8. The number of aliphatic hydroxyl groups is 1. The lowest BCUT2D eigenvalue weighted by atomic mass is 10.0. The minimum Gasteiger partial charge on any atom is -0.509 e. The smallest absolute Gasteiger partial charge is 0.359 e. The summed E-state index contributed by atoms with van der Waals surface area (Å²) in [6.07, 6.45) is 0.00760. The Labute approximate surface area is 198 Å². The van der Waals surface area contributed by atoms with Crippen LogP contribution >= 0.6 is 27.7 Å². The van der Waals surface area contributed by atoms with Gasteiger partial charge in [0.05, 0.1) is 18.9 Å². The fraction of sp³-hybridized carbons (Fsp3) is 0.429. The van der Waals surface area contributed by atoms with Gasteiger partial charge in [0.25, 0.3) is 5.91 Å². The van der Waals surface area contributed by atoms with Crippen LogP contribution in [0.5, 0.6) is 5.75 Å². The van der Waals surface area contributed by atoms with Gasteiger partial charge in [-0.05, 0) is 38.5 Å². The summed E-state index contributed by atoms with van der Waals surface area (Å²) in [6.45, 7) is 4.93. The van der Waals surface area contributed by atoms with Crippen molar-refractivity contribution in [2.24, 2.45) is 0 Å². The predicted molar refractivity (Wildman–Crippen MR) is 123 cm³/mol. The Morgan fingerprint density at radius 2 is 1.91 bits per heavy atom. The van der Waals surface area contributed by atoms with Crippen molar-refractivity contribution in [2.75, 3.05) is 12.4 Å². The van der Waals surface area contributed by atoms with Crippen LogP contribution in [-0.2, 0) is 30.3 Å². The number of halogens is 1. The number of thioether (sulfide) groups is 1. The lowest BCUT2D eigenvalue weighted by Gasteiger charge is -2.46. The molecule has 0 aromatic heterocycles. The Morgan fingerprint density at radius 1 is 1.28 bits per heavy atom. The van der Waals surface area contributed by atoms with Crippen LogP contribution in [0.2, 0.25) is 0 Å². The molecule has 0 spiro atoms. The minimum atomic E-state index is -1.04. The molecule has 0 aliphatic carbocycles. The molecule has 2 N–H and O–H groups in total. The van der Waals surface area contributed by atoms with E-state index in [2.05, 4.69) is 21.2 Å². The molecule has 2 rings (SSSR count). The van der Waals surface area contributed by atoms with E-state index in [0.717, 1.165) is 4.90 Å². The van der Waals surface area contributed by atoms with Crippen LogP contribution in [0, 0.1) is 0 Å². The Morgan fingerprint density at radius 3 is 2.41 bits per heavy atom. The number of methoxy groups -OCH3 is 1. The van der Waals surface area contributed by atoms with Gasteiger partial charge in [-0.3, -0.25) is 19.3 Å². The first kappa shape index (κ1) is 25.7. The van der Waals surface area contributed by atoms with Crippen molar-refractivity contribution in [3.05, 3.63) is 41.3 Å². The number of carbonyl (C=O) groups excluding carboxylic acids is 4. The summed E-state index contributed by atoms with van der Waals surface area (Å²) >= 11 is 3.77. The number of aliphatic hydroxyl groups excluding tert-OH is 1. The third-order valence-electron chi connectivity index (χ3n) is 4.31. The van der Waals surface area contributed by atoms with Gasteiger partial charge < -0.3 is 19.9 Å². The SMILES string of the molecule is COc1ccc(CC(=O)NC2C(=O)N(C(C(=O)OC(C)(C)C)=C(O)CBr)C2SC=O)cc1. The highest BCUT2D eigenvalue weighted by molar-refractivity contribution is 9.09. The maximum atomic E-state index is 12.8. The van der Waals surface area contributed by atoms with Crippen molar-refractivity contribution in [2.45, 2.75) is 44.2 Å². The quantitative estimate of drug-likeness (QED) is 0.125. The number of amides is 2. The van der Waals surface area contributed by atoms with Crippen LogP contribution < -0.4 is 10.1 Å². The number of rotatable bonds is 9. The van der Waals surface area contributed by atoms with Crippen LogP contribution in [0.25, 0.3) is 0 Å². The summed E-state index contributed by atoms with van der Waals surface area (Å²) in [5.41, 5.74) is -0.0353. The number of likely N-dealkylation sites (tertiary alicyclic amines) is 1. The summed E-state index contributed by atoms with van der Waals surface area (Å²) in [6, 6.07) is 5.83. The summed E-state index contributed by atoms with van der Waals surface area (Å²) in [7, 11) is 1.54. The Hall–Kier alpha value is -2.53. The number of nitrogens with one attached hydrogen (secondary N) is 1. The van der Waals surface area contributed by atoms with Crippen LogP contribution in [0.4, 0.5) is 0 Å². The standard InChI is InChI=1S/C21H25BrN2O7S/c1-21(2,3)31-20(29)17(14(26)10-22)24-18(28)16(19(24)32-11-25)23-15(27)9-12-5-7-13(30-4)8-6-12/h5-8,11,16,19,26H,9-10H2,1-4H3,(H,23,27). The molecule has 0 saturated carbocycles. The number of benzene rings is 1. The molecular weight excluding hydrogens is 504 g/mol. The molecule has 32 heavy (non-hydrogen) atoms. The van der Waals surface area contributed by atoms with Gasteiger partial charge in [0, 0.05) is 0 Å². The molecule has 11 heteroatoms. The van der Waals surface area contributed by atoms with Crippen LogP contribution in [0.3, 0.4) is 0 Å². The van der Waals surface area contributed by atoms with Crippen molar-refractivity contribution < 1.29 is 33.8 Å². The molecule has 2 atom stereocenters. The van der Waals surface area contributed by atoms with Crippen LogP contribution in [0.15, 0.2) is 35.7 Å². The van der Waals surface area contributed by atoms with Gasteiger partial charge in [0.15, 0.2) is 11.3 Å². The molecule has 1 aliphatic rings. The van der Waals surface area contributed by atoms with Crippen LogP contribution in [0.1, 0.15) is 26.3 Å². The lowest BCUT2D eigenvalue weighted by Crippen LogP contribution is -2.69. The van der Waals surface area contributed by atoms with E-state index in [1.54, 1.807) is 45.0 Å². The monoisotopic (exact) mass is 528 g/mol. The number of hydrogen-bond donors (Lipinski definition) is 2. The topological polar surface area (TPSA) is 122 Å². The summed E-state index contributed by atoms with van der Waals surface area (Å²) < 4.78 is 10.4. The van der Waals surface area contributed by atoms with Crippen molar-refractivity contribution >= 4 is 51.1 Å². The maximum Gasteiger partial charge on any atom is 0.359 e. The van der Waals surface area contributed by atoms with Gasteiger partial charge in [0.2, 0.25) is 5.91 Å². The Kier molecular flexibility index (Phi) is 8.73. The first-order chi connectivity index (χ1) is 15.0. The molecule has 1 heterocycles. The molecule has 1 aromatic carbocycles. The van der Waals surface area contributed by atoms with Crippen molar-refractivity contribution in [3.8, 4) is 5.75 Å². The Bertz CT molecular complexity index is 912. The molecule has 0 radical (unpaired) electrons. The molecule has 174 valence electrons. The predicted octanol–water partition coefficient (Wildman–Crippen LogP) is 2.32. The molecule has 1 aliphatic heterocycles. The third-order valence-corrected chi connectivity index (χ3v) is 5.72. The average Bonchev–Trinajstić information content (AvgIpc) is 2.73. The maximum absolute atomic E-state index is 12.8. The number of esters is 1. The summed E-state index contributed by atoms with van der Waals surface area (Å²) in [5.74, 6) is -1.76. The zero-order valence-corrected chi connectivity index (χ0v) is 20.5. The van der Waals surface area contributed by atoms with Gasteiger partial charge in [-0.15, -0.1) is 0 Å². The zero-order valence-electron chi connectivity index (χ0n) is 18.1. The van der Waals surface area contributed by atoms with E-state index in [9.17, 15) is 24.3 Å². The number of hydrogen-bond acceptors (Lipinski definition) is 8. The number of β-lactam (4-membered cyclic amide) rings is 1. The molecule has 9 nitrogen and oxygen atoms in total. The van der Waals surface area contributed by atoms with Crippen molar-refractivity contribution in [1.29, 1.82) is 0 Å². The highest BCUT2D eigenvalue weighted by atomic mass is 79.9. The Balaban J connectivity index is 2.19. The molecule has 0 bridgehead atoms. The van der Waals surface area contributed by atoms with E-state index in [-0.39, 0.29) is 17.4 Å². The van der Waals surface area contributed by atoms with E-state index >= 15 is 0 Å². The van der Waals surface area contributed by atoms with Gasteiger partial charge in [-0.1, -0.05) is 39.8 Å². The average molecular weight is 529 g/mol. The second-order valence-electron chi connectivity index (χ2n) is 7.83. The van der Waals surface area contributed by atoms with Gasteiger partial charge in [0.1, 0.15) is 28.5 Å². The first-order valence-corrected chi connectivity index (χ1v) is 11.6. The van der Waals surface area contributed by atoms with Crippen molar-refractivity contribution in [1.82, 2.24) is 10.2 Å². The fourth-order valence-electron chi connectivity index (χ4n) is 2.93. The van der Waals surface area contributed by atoms with E-state index < -0.39 is 40.6 Å². The largest absolute Gasteiger partial charge is 0.509 e. The third kappa shape index (κ3) is 6.26. The van der Waals surface area contributed by atoms with Gasteiger partial charge >= 0.3 is 5.97 Å². The molecule has 2 unspecified atom stereocenters. The van der Waals surface area contributed by atoms with Crippen LogP contribution in [-0.4, -0.2) is 62.9 Å². The van der Waals surface area contributed by atoms with E-state index in [4.69, 9.17) is 9.47 Å². The minimum absolute atomic E-state index is 0.00760. The number of ether oxygens (including phenoxy) is 2. The molecule has 1 fully saturated rings. The molecule has 1 aromatic rings. The molecule has 2 amide bonds. The normalized spacial score (nSPS) is 18.9. The lowest BCUT2D eigenvalue weighted by molar-refractivity contribution is -0.159. The van der Waals surface area contributed by atoms with E-state index in [0.29, 0.717) is 28.7 Å².